The molecule has 1 heterocycles. The van der Waals surface area contributed by atoms with Gasteiger partial charge in [0.2, 0.25) is 0 Å². The number of benzene rings is 1. The van der Waals surface area contributed by atoms with E-state index < -0.39 is 0 Å². The van der Waals surface area contributed by atoms with Crippen LogP contribution >= 0.6 is 27.3 Å². The molecule has 2 aromatic rings. The minimum absolute atomic E-state index is 0.253. The Balaban J connectivity index is 1.87. The number of phenolic OH excluding ortho intramolecular Hbond substituents is 1. The molecule has 5 nitrogen and oxygen atoms in total. The van der Waals surface area contributed by atoms with Crippen molar-refractivity contribution in [2.45, 2.75) is 13.0 Å². The molecule has 0 spiro atoms. The lowest BCUT2D eigenvalue weighted by molar-refractivity contribution is 0.406. The highest BCUT2D eigenvalue weighted by Gasteiger charge is 2.09. The van der Waals surface area contributed by atoms with E-state index >= 15 is 0 Å². The highest BCUT2D eigenvalue weighted by atomic mass is 79.9. The average molecular weight is 412 g/mol. The number of aromatic hydroxyl groups is 1. The maximum atomic E-state index is 10.00. The summed E-state index contributed by atoms with van der Waals surface area (Å²) in [6.07, 6.45) is 0.702. The van der Waals surface area contributed by atoms with Gasteiger partial charge in [-0.15, -0.1) is 11.3 Å². The molecule has 2 N–H and O–H groups in total. The number of rotatable bonds is 6. The lowest BCUT2D eigenvalue weighted by Gasteiger charge is -2.21. The lowest BCUT2D eigenvalue weighted by atomic mass is 10.1. The summed E-state index contributed by atoms with van der Waals surface area (Å²) in [5, 5.41) is 13.3. The van der Waals surface area contributed by atoms with Gasteiger partial charge in [0.15, 0.2) is 5.96 Å². The molecule has 0 atom stereocenters. The Bertz CT molecular complexity index is 703. The van der Waals surface area contributed by atoms with Crippen LogP contribution in [0.3, 0.4) is 0 Å². The summed E-state index contributed by atoms with van der Waals surface area (Å²) >= 11 is 5.20. The highest BCUT2D eigenvalue weighted by Crippen LogP contribution is 2.24. The molecule has 0 aliphatic heterocycles. The molecule has 1 aromatic heterocycles. The van der Waals surface area contributed by atoms with Gasteiger partial charge in [-0.25, -0.2) is 0 Å². The van der Waals surface area contributed by atoms with Crippen molar-refractivity contribution in [2.75, 3.05) is 27.7 Å². The number of nitrogens with zero attached hydrogens (tertiary/aromatic N) is 2. The van der Waals surface area contributed by atoms with Crippen LogP contribution in [0.4, 0.5) is 0 Å². The summed E-state index contributed by atoms with van der Waals surface area (Å²) in [5.41, 5.74) is 0.878. The van der Waals surface area contributed by atoms with Gasteiger partial charge < -0.3 is 20.1 Å². The molecule has 0 aliphatic rings. The van der Waals surface area contributed by atoms with Gasteiger partial charge in [-0.1, -0.05) is 6.07 Å². The van der Waals surface area contributed by atoms with Gasteiger partial charge in [0.25, 0.3) is 0 Å². The van der Waals surface area contributed by atoms with Gasteiger partial charge in [0.1, 0.15) is 11.5 Å². The third kappa shape index (κ3) is 5.14. The van der Waals surface area contributed by atoms with Crippen molar-refractivity contribution >= 4 is 33.2 Å². The molecule has 0 unspecified atom stereocenters. The molecule has 0 saturated carbocycles. The fourth-order valence-electron chi connectivity index (χ4n) is 2.32. The van der Waals surface area contributed by atoms with Gasteiger partial charge in [0.05, 0.1) is 17.4 Å². The van der Waals surface area contributed by atoms with Crippen LogP contribution < -0.4 is 10.1 Å². The van der Waals surface area contributed by atoms with E-state index in [1.807, 2.05) is 19.2 Å². The first kappa shape index (κ1) is 18.6. The van der Waals surface area contributed by atoms with Crippen LogP contribution in [-0.2, 0) is 13.0 Å². The van der Waals surface area contributed by atoms with E-state index in [4.69, 9.17) is 4.74 Å². The number of aliphatic imine (C=N–C) groups is 1. The third-order valence-corrected chi connectivity index (χ3v) is 5.17. The molecular formula is C17H22BrN3O2S. The Morgan fingerprint density at radius 2 is 2.17 bits per heavy atom. The first-order chi connectivity index (χ1) is 11.5. The van der Waals surface area contributed by atoms with Gasteiger partial charge in [-0.3, -0.25) is 4.99 Å². The minimum Gasteiger partial charge on any atom is -0.508 e. The summed E-state index contributed by atoms with van der Waals surface area (Å²) in [6.45, 7) is 1.48. The second-order valence-corrected chi connectivity index (χ2v) is 7.83. The van der Waals surface area contributed by atoms with E-state index in [0.717, 1.165) is 21.9 Å². The van der Waals surface area contributed by atoms with E-state index in [9.17, 15) is 5.11 Å². The number of thiophene rings is 1. The van der Waals surface area contributed by atoms with E-state index in [1.54, 1.807) is 31.6 Å². The van der Waals surface area contributed by atoms with Gasteiger partial charge in [0, 0.05) is 31.6 Å². The second kappa shape index (κ2) is 8.94. The number of hydrogen-bond donors (Lipinski definition) is 2. The molecule has 130 valence electrons. The zero-order valence-electron chi connectivity index (χ0n) is 14.0. The molecule has 0 amide bonds. The predicted molar refractivity (Wildman–Crippen MR) is 103 cm³/mol. The van der Waals surface area contributed by atoms with Crippen LogP contribution in [0.1, 0.15) is 10.4 Å². The number of hydrogen-bond acceptors (Lipinski definition) is 4. The molecule has 1 aromatic carbocycles. The summed E-state index contributed by atoms with van der Waals surface area (Å²) in [4.78, 5) is 7.65. The third-order valence-electron chi connectivity index (χ3n) is 3.57. The summed E-state index contributed by atoms with van der Waals surface area (Å²) < 4.78 is 6.22. The molecular weight excluding hydrogens is 390 g/mol. The van der Waals surface area contributed by atoms with E-state index in [-0.39, 0.29) is 5.75 Å². The Morgan fingerprint density at radius 1 is 1.38 bits per heavy atom. The van der Waals surface area contributed by atoms with Crippen molar-refractivity contribution in [1.82, 2.24) is 10.2 Å². The topological polar surface area (TPSA) is 57.1 Å². The van der Waals surface area contributed by atoms with E-state index in [0.29, 0.717) is 18.7 Å². The molecule has 0 saturated heterocycles. The zero-order chi connectivity index (χ0) is 17.5. The smallest absolute Gasteiger partial charge is 0.193 e. The molecule has 0 aliphatic carbocycles. The van der Waals surface area contributed by atoms with Crippen LogP contribution in [0.15, 0.2) is 39.1 Å². The largest absolute Gasteiger partial charge is 0.508 e. The van der Waals surface area contributed by atoms with Crippen molar-refractivity contribution in [3.63, 3.8) is 0 Å². The number of ether oxygens (including phenoxy) is 1. The molecule has 7 heteroatoms. The fraction of sp³-hybridized carbons (Fsp3) is 0.353. The fourth-order valence-corrected chi connectivity index (χ4v) is 3.86. The standard InChI is InChI=1S/C17H22BrN3O2S/c1-19-17(21(2)11-14-6-7-16(18)24-14)20-9-8-12-4-5-13(23-3)10-15(12)22/h4-7,10,22H,8-9,11H2,1-3H3,(H,19,20). The zero-order valence-corrected chi connectivity index (χ0v) is 16.4. The van der Waals surface area contributed by atoms with Crippen LogP contribution in [0.2, 0.25) is 0 Å². The average Bonchev–Trinajstić information content (AvgIpc) is 2.97. The second-order valence-electron chi connectivity index (χ2n) is 5.28. The number of methoxy groups -OCH3 is 1. The number of nitrogens with one attached hydrogen (secondary N) is 1. The molecule has 0 radical (unpaired) electrons. The van der Waals surface area contributed by atoms with Crippen molar-refractivity contribution in [2.24, 2.45) is 4.99 Å². The first-order valence-corrected chi connectivity index (χ1v) is 9.16. The van der Waals surface area contributed by atoms with Crippen molar-refractivity contribution < 1.29 is 9.84 Å². The minimum atomic E-state index is 0.253. The summed E-state index contributed by atoms with van der Waals surface area (Å²) in [6, 6.07) is 9.52. The highest BCUT2D eigenvalue weighted by molar-refractivity contribution is 9.11. The normalized spacial score (nSPS) is 11.4. The van der Waals surface area contributed by atoms with Gasteiger partial charge in [-0.05, 0) is 46.1 Å². The van der Waals surface area contributed by atoms with Crippen molar-refractivity contribution in [3.8, 4) is 11.5 Å². The quantitative estimate of drug-likeness (QED) is 0.564. The number of phenols is 1. The Morgan fingerprint density at radius 3 is 2.75 bits per heavy atom. The monoisotopic (exact) mass is 411 g/mol. The number of guanidine groups is 1. The molecule has 2 rings (SSSR count). The van der Waals surface area contributed by atoms with Crippen LogP contribution in [0.5, 0.6) is 11.5 Å². The number of halogens is 1. The van der Waals surface area contributed by atoms with Crippen LogP contribution in [-0.4, -0.2) is 43.7 Å². The molecule has 0 bridgehead atoms. The summed E-state index contributed by atoms with van der Waals surface area (Å²) in [7, 11) is 5.36. The van der Waals surface area contributed by atoms with Crippen LogP contribution in [0, 0.1) is 0 Å². The molecule has 24 heavy (non-hydrogen) atoms. The maximum absolute atomic E-state index is 10.00. The van der Waals surface area contributed by atoms with Crippen LogP contribution in [0.25, 0.3) is 0 Å². The lowest BCUT2D eigenvalue weighted by Crippen LogP contribution is -2.39. The van der Waals surface area contributed by atoms with Gasteiger partial charge >= 0.3 is 0 Å². The Hall–Kier alpha value is -1.73. The summed E-state index contributed by atoms with van der Waals surface area (Å²) in [5.74, 6) is 1.73. The Kier molecular flexibility index (Phi) is 6.93. The molecule has 0 fully saturated rings. The van der Waals surface area contributed by atoms with E-state index in [2.05, 4.69) is 43.3 Å². The Labute approximate surface area is 155 Å². The van der Waals surface area contributed by atoms with E-state index in [1.165, 1.54) is 4.88 Å². The first-order valence-electron chi connectivity index (χ1n) is 7.55. The van der Waals surface area contributed by atoms with Crippen molar-refractivity contribution in [3.05, 3.63) is 44.6 Å². The predicted octanol–water partition coefficient (Wildman–Crippen LogP) is 3.47. The van der Waals surface area contributed by atoms with Gasteiger partial charge in [-0.2, -0.15) is 0 Å². The maximum Gasteiger partial charge on any atom is 0.193 e. The van der Waals surface area contributed by atoms with Crippen molar-refractivity contribution in [1.29, 1.82) is 0 Å². The SMILES string of the molecule is CN=C(NCCc1ccc(OC)cc1O)N(C)Cc1ccc(Br)s1.